The Morgan fingerprint density at radius 3 is 1.18 bits per heavy atom. The molecule has 12 nitrogen and oxygen atoms in total. The van der Waals surface area contributed by atoms with Crippen molar-refractivity contribution in [3.63, 3.8) is 0 Å². The maximum atomic E-state index is 13.4. The average Bonchev–Trinajstić information content (AvgIpc) is 1.56. The second kappa shape index (κ2) is 30.0. The fraction of sp³-hybridized carbons (Fsp3) is 0.929. The lowest BCUT2D eigenvalue weighted by molar-refractivity contribution is -0.197. The third-order valence-electron chi connectivity index (χ3n) is 30.1. The van der Waals surface area contributed by atoms with E-state index in [1.165, 1.54) is 96.3 Å². The summed E-state index contributed by atoms with van der Waals surface area (Å²) in [6, 6.07) is 0. The summed E-state index contributed by atoms with van der Waals surface area (Å²) in [5.41, 5.74) is -1.51. The van der Waals surface area contributed by atoms with Crippen LogP contribution < -0.4 is 0 Å². The summed E-state index contributed by atoms with van der Waals surface area (Å²) in [6.07, 6.45) is 33.1. The molecule has 14 bridgehead atoms. The van der Waals surface area contributed by atoms with Gasteiger partial charge in [-0.3, -0.25) is 28.8 Å². The quantitative estimate of drug-likeness (QED) is 0.0819. The van der Waals surface area contributed by atoms with Crippen molar-refractivity contribution < 1.29 is 57.2 Å². The third kappa shape index (κ3) is 14.5. The van der Waals surface area contributed by atoms with Crippen molar-refractivity contribution in [2.75, 3.05) is 0 Å². The molecule has 552 valence electrons. The Morgan fingerprint density at radius 2 is 0.760 bits per heavy atom. The Morgan fingerprint density at radius 1 is 0.365 bits per heavy atom. The second-order valence-corrected chi connectivity index (χ2v) is 36.6. The smallest absolute Gasteiger partial charge is 0.311 e. The number of rotatable bonds is 16. The number of carbonyl (C=O) groups is 6. The van der Waals surface area contributed by atoms with Crippen molar-refractivity contribution in [2.24, 2.45) is 140 Å². The molecule has 0 aliphatic heterocycles. The second-order valence-electron chi connectivity index (χ2n) is 36.6. The van der Waals surface area contributed by atoms with Crippen LogP contribution in [0.4, 0.5) is 0 Å². The molecule has 0 aromatic heterocycles. The SMILES string of the molecule is C.C.C.C.C.C.CCC(C)(C)C(=O)OC1CC2CC(C(=O)OC3C4CC5CC(C4)CC3(C)C5)C1C2.CCC(C)(C)C(=O)OC1CC2CC1C1C3CC(CC3C(=O)OC3(C)CCCCC3)C21.CCC1(OC(=O)C2CC3CC2C2C4CC(CC4OC(=O)C(C)(C)CC)C32)CCCCC1. The van der Waals surface area contributed by atoms with Gasteiger partial charge in [0.05, 0.1) is 34.0 Å². The minimum atomic E-state index is -0.452. The van der Waals surface area contributed by atoms with Crippen molar-refractivity contribution in [2.45, 2.75) is 356 Å². The molecule has 16 saturated carbocycles. The third-order valence-corrected chi connectivity index (χ3v) is 30.1. The molecule has 16 rings (SSSR count). The van der Waals surface area contributed by atoms with E-state index in [1.54, 1.807) is 0 Å². The summed E-state index contributed by atoms with van der Waals surface area (Å²) in [6.45, 7) is 24.7. The van der Waals surface area contributed by atoms with Crippen molar-refractivity contribution >= 4 is 35.8 Å². The monoisotopic (exact) mass is 1350 g/mol. The van der Waals surface area contributed by atoms with Gasteiger partial charge in [-0.25, -0.2) is 0 Å². The van der Waals surface area contributed by atoms with Crippen LogP contribution in [0.25, 0.3) is 0 Å². The number of carbonyl (C=O) groups excluding carboxylic acids is 6. The first kappa shape index (κ1) is 80.1. The van der Waals surface area contributed by atoms with Crippen molar-refractivity contribution in [3.8, 4) is 0 Å². The molecule has 0 radical (unpaired) electrons. The Balaban J connectivity index is 0.000000197. The highest BCUT2D eigenvalue weighted by atomic mass is 16.6. The molecule has 0 N–H and O–H groups in total. The summed E-state index contributed by atoms with van der Waals surface area (Å²) in [5, 5.41) is 0. The molecule has 23 unspecified atom stereocenters. The van der Waals surface area contributed by atoms with E-state index in [-0.39, 0.29) is 145 Å². The normalized spacial score (nSPS) is 41.6. The Kier molecular flexibility index (Phi) is 25.1. The van der Waals surface area contributed by atoms with E-state index in [9.17, 15) is 28.8 Å². The van der Waals surface area contributed by atoms with Crippen molar-refractivity contribution in [1.29, 1.82) is 0 Å². The van der Waals surface area contributed by atoms with Crippen LogP contribution in [-0.4, -0.2) is 71.4 Å². The molecule has 16 aliphatic rings. The van der Waals surface area contributed by atoms with Crippen LogP contribution in [0.15, 0.2) is 0 Å². The zero-order valence-corrected chi connectivity index (χ0v) is 58.0. The Hall–Kier alpha value is -3.18. The Labute approximate surface area is 586 Å². The number of hydrogen-bond acceptors (Lipinski definition) is 12. The van der Waals surface area contributed by atoms with Gasteiger partial charge in [0, 0.05) is 11.3 Å². The molecule has 23 atom stereocenters. The van der Waals surface area contributed by atoms with Crippen molar-refractivity contribution in [3.05, 3.63) is 0 Å². The molecule has 0 spiro atoms. The van der Waals surface area contributed by atoms with Gasteiger partial charge in [0.2, 0.25) is 0 Å². The summed E-state index contributed by atoms with van der Waals surface area (Å²) in [7, 11) is 0. The van der Waals surface area contributed by atoms with E-state index in [1.807, 2.05) is 48.5 Å². The van der Waals surface area contributed by atoms with Gasteiger partial charge in [-0.2, -0.15) is 0 Å². The highest BCUT2D eigenvalue weighted by molar-refractivity contribution is 5.78. The number of hydrogen-bond donors (Lipinski definition) is 0. The van der Waals surface area contributed by atoms with Gasteiger partial charge in [-0.05, 0) is 323 Å². The fourth-order valence-electron chi connectivity index (χ4n) is 24.5. The zero-order valence-electron chi connectivity index (χ0n) is 58.0. The summed E-state index contributed by atoms with van der Waals surface area (Å²) < 4.78 is 37.0. The van der Waals surface area contributed by atoms with E-state index < -0.39 is 16.2 Å². The first-order valence-corrected chi connectivity index (χ1v) is 38.0. The van der Waals surface area contributed by atoms with E-state index in [4.69, 9.17) is 28.4 Å². The lowest BCUT2D eigenvalue weighted by atomic mass is 9.49. The van der Waals surface area contributed by atoms with Crippen LogP contribution in [0.3, 0.4) is 0 Å². The van der Waals surface area contributed by atoms with Gasteiger partial charge in [0.25, 0.3) is 0 Å². The highest BCUT2D eigenvalue weighted by Gasteiger charge is 2.69. The summed E-state index contributed by atoms with van der Waals surface area (Å²) >= 11 is 0. The van der Waals surface area contributed by atoms with E-state index in [0.29, 0.717) is 71.0 Å². The zero-order chi connectivity index (χ0) is 63.8. The van der Waals surface area contributed by atoms with Gasteiger partial charge in [-0.15, -0.1) is 0 Å². The number of fused-ring (bicyclic) bond motifs is 20. The molecule has 96 heavy (non-hydrogen) atoms. The maximum absolute atomic E-state index is 13.4. The average molecular weight is 1350 g/mol. The van der Waals surface area contributed by atoms with Crippen molar-refractivity contribution in [1.82, 2.24) is 0 Å². The minimum Gasteiger partial charge on any atom is -0.462 e. The molecule has 16 aliphatic carbocycles. The van der Waals surface area contributed by atoms with Gasteiger partial charge in [-0.1, -0.05) is 92.0 Å². The fourth-order valence-corrected chi connectivity index (χ4v) is 24.5. The van der Waals surface area contributed by atoms with Gasteiger partial charge in [0.15, 0.2) is 0 Å². The molecule has 0 saturated heterocycles. The molecule has 0 heterocycles. The molecular formula is C84H144O12. The first-order chi connectivity index (χ1) is 42.7. The van der Waals surface area contributed by atoms with Gasteiger partial charge in [0.1, 0.15) is 35.6 Å². The highest BCUT2D eigenvalue weighted by Crippen LogP contribution is 2.71. The van der Waals surface area contributed by atoms with Crippen LogP contribution >= 0.6 is 0 Å². The molecule has 0 amide bonds. The molecule has 16 fully saturated rings. The maximum Gasteiger partial charge on any atom is 0.311 e. The topological polar surface area (TPSA) is 158 Å². The van der Waals surface area contributed by atoms with Crippen LogP contribution in [-0.2, 0) is 57.2 Å². The van der Waals surface area contributed by atoms with Gasteiger partial charge < -0.3 is 28.4 Å². The van der Waals surface area contributed by atoms with Gasteiger partial charge >= 0.3 is 35.8 Å². The standard InChI is InChI=1S/C27H42O4.C26H40O4.C25H38O4.6CH4/c1-5-26(3,4)25(29)30-21-15-17-14-20(21)23-18-12-16(22(17)23)13-19(18)24(28)31-27(6-2)10-8-7-9-11-27;1-5-25(2,3)24(28)29-20-14-16-13-19(20)22-17-11-15(21(16)22)12-18(17)23(27)30-26(4)9-7-6-8-10-26;1-5-24(2,3)23(27)28-20-11-14-9-18(20)19(10-14)22(26)29-21-17-7-15-6-16(8-17)13-25(21,4)12-15;;;;;;/h16-23H,5-15H2,1-4H3;15-22H,5-14H2,1-4H3;14-21H,5-13H2,1-4H3;6*1H4. The molecule has 0 aromatic rings. The van der Waals surface area contributed by atoms with Crippen LogP contribution in [0, 0.1) is 140 Å². The largest absolute Gasteiger partial charge is 0.462 e. The minimum absolute atomic E-state index is 0. The molecular weight excluding hydrogens is 1200 g/mol. The predicted molar refractivity (Wildman–Crippen MR) is 384 cm³/mol. The predicted octanol–water partition coefficient (Wildman–Crippen LogP) is 20.4. The van der Waals surface area contributed by atoms with E-state index >= 15 is 0 Å². The lowest BCUT2D eigenvalue weighted by Crippen LogP contribution is -2.56. The van der Waals surface area contributed by atoms with Crippen LogP contribution in [0.1, 0.15) is 320 Å². The molecule has 0 aromatic carbocycles. The van der Waals surface area contributed by atoms with E-state index in [2.05, 4.69) is 34.6 Å². The summed E-state index contributed by atoms with van der Waals surface area (Å²) in [5.74, 6) is 10.3. The first-order valence-electron chi connectivity index (χ1n) is 38.0. The van der Waals surface area contributed by atoms with Crippen LogP contribution in [0.2, 0.25) is 0 Å². The summed E-state index contributed by atoms with van der Waals surface area (Å²) in [4.78, 5) is 78.0. The van der Waals surface area contributed by atoms with Crippen LogP contribution in [0.5, 0.6) is 0 Å². The van der Waals surface area contributed by atoms with E-state index in [0.717, 1.165) is 120 Å². The Bertz CT molecular complexity index is 2680. The lowest BCUT2D eigenvalue weighted by Gasteiger charge is -2.59. The number of ether oxygens (including phenoxy) is 6. The molecule has 12 heteroatoms. The number of esters is 6.